The lowest BCUT2D eigenvalue weighted by molar-refractivity contribution is 0.0727. The average Bonchev–Trinajstić information content (AvgIpc) is 3.28. The van der Waals surface area contributed by atoms with E-state index in [4.69, 9.17) is 4.42 Å². The van der Waals surface area contributed by atoms with Gasteiger partial charge in [-0.15, -0.1) is 0 Å². The summed E-state index contributed by atoms with van der Waals surface area (Å²) in [6.45, 7) is 2.36. The summed E-state index contributed by atoms with van der Waals surface area (Å²) in [5.41, 5.74) is 1.77. The van der Waals surface area contributed by atoms with Crippen LogP contribution in [0.5, 0.6) is 0 Å². The maximum atomic E-state index is 13.0. The van der Waals surface area contributed by atoms with E-state index >= 15 is 0 Å². The standard InChI is InChI=1S/C21H22N2O4S/c1-15(20-14-16-7-3-4-10-19(16)27-20)22(2)21(24)17-8-5-9-18(13-17)23-11-6-12-28(23,25)26/h3-5,7-10,13-15H,6,11-12H2,1-2H3. The van der Waals surface area contributed by atoms with Crippen LogP contribution in [0.25, 0.3) is 11.0 Å². The van der Waals surface area contributed by atoms with Crippen LogP contribution in [0, 0.1) is 0 Å². The second-order valence-corrected chi connectivity index (χ2v) is 9.08. The topological polar surface area (TPSA) is 70.8 Å². The molecule has 1 aromatic heterocycles. The molecule has 0 radical (unpaired) electrons. The molecular formula is C21H22N2O4S. The Hall–Kier alpha value is -2.80. The number of nitrogens with zero attached hydrogens (tertiary/aromatic N) is 2. The fraction of sp³-hybridized carbons (Fsp3) is 0.286. The predicted molar refractivity (Wildman–Crippen MR) is 109 cm³/mol. The Morgan fingerprint density at radius 3 is 2.64 bits per heavy atom. The van der Waals surface area contributed by atoms with E-state index < -0.39 is 10.0 Å². The first-order valence-corrected chi connectivity index (χ1v) is 10.8. The fourth-order valence-corrected chi connectivity index (χ4v) is 5.06. The van der Waals surface area contributed by atoms with Crippen molar-refractivity contribution in [2.75, 3.05) is 23.7 Å². The van der Waals surface area contributed by atoms with Crippen molar-refractivity contribution < 1.29 is 17.6 Å². The Kier molecular flexibility index (Phi) is 4.63. The zero-order chi connectivity index (χ0) is 19.9. The van der Waals surface area contributed by atoms with Crippen LogP contribution in [0.15, 0.2) is 59.0 Å². The molecule has 3 aromatic rings. The lowest BCUT2D eigenvalue weighted by Gasteiger charge is -2.24. The molecule has 1 atom stereocenters. The van der Waals surface area contributed by atoms with Crippen molar-refractivity contribution in [3.8, 4) is 0 Å². The quantitative estimate of drug-likeness (QED) is 0.670. The molecule has 0 bridgehead atoms. The summed E-state index contributed by atoms with van der Waals surface area (Å²) in [4.78, 5) is 14.6. The number of hydrogen-bond donors (Lipinski definition) is 0. The van der Waals surface area contributed by atoms with Crippen LogP contribution in [0.1, 0.15) is 35.5 Å². The summed E-state index contributed by atoms with van der Waals surface area (Å²) in [5, 5.41) is 0.992. The molecule has 4 rings (SSSR count). The van der Waals surface area contributed by atoms with Gasteiger partial charge < -0.3 is 9.32 Å². The summed E-state index contributed by atoms with van der Waals surface area (Å²) in [6, 6.07) is 16.2. The van der Waals surface area contributed by atoms with Gasteiger partial charge in [0.25, 0.3) is 5.91 Å². The Morgan fingerprint density at radius 1 is 1.14 bits per heavy atom. The Morgan fingerprint density at radius 2 is 1.93 bits per heavy atom. The van der Waals surface area contributed by atoms with Crippen LogP contribution in [0.3, 0.4) is 0 Å². The number of carbonyl (C=O) groups is 1. The van der Waals surface area contributed by atoms with E-state index in [1.54, 1.807) is 36.2 Å². The van der Waals surface area contributed by atoms with E-state index in [9.17, 15) is 13.2 Å². The van der Waals surface area contributed by atoms with Gasteiger partial charge in [-0.3, -0.25) is 9.10 Å². The zero-order valence-corrected chi connectivity index (χ0v) is 16.6. The molecule has 1 aliphatic rings. The second kappa shape index (κ2) is 6.98. The molecule has 2 aromatic carbocycles. The maximum absolute atomic E-state index is 13.0. The highest BCUT2D eigenvalue weighted by atomic mass is 32.2. The van der Waals surface area contributed by atoms with E-state index in [1.165, 1.54) is 4.31 Å². The van der Waals surface area contributed by atoms with E-state index in [0.29, 0.717) is 30.0 Å². The van der Waals surface area contributed by atoms with Gasteiger partial charge in [-0.25, -0.2) is 8.42 Å². The van der Waals surface area contributed by atoms with Gasteiger partial charge in [-0.1, -0.05) is 24.3 Å². The number of rotatable bonds is 4. The largest absolute Gasteiger partial charge is 0.459 e. The third-order valence-corrected chi connectivity index (χ3v) is 7.11. The van der Waals surface area contributed by atoms with E-state index in [2.05, 4.69) is 0 Å². The van der Waals surface area contributed by atoms with Gasteiger partial charge in [0, 0.05) is 24.5 Å². The lowest BCUT2D eigenvalue weighted by Crippen LogP contribution is -2.30. The van der Waals surface area contributed by atoms with Gasteiger partial charge >= 0.3 is 0 Å². The number of benzene rings is 2. The molecule has 2 heterocycles. The van der Waals surface area contributed by atoms with Gasteiger partial charge in [0.1, 0.15) is 11.3 Å². The summed E-state index contributed by atoms with van der Waals surface area (Å²) in [5.74, 6) is 0.662. The molecule has 0 spiro atoms. The molecule has 28 heavy (non-hydrogen) atoms. The third-order valence-electron chi connectivity index (χ3n) is 5.24. The van der Waals surface area contributed by atoms with Crippen LogP contribution >= 0.6 is 0 Å². The smallest absolute Gasteiger partial charge is 0.254 e. The van der Waals surface area contributed by atoms with Crippen LogP contribution in [-0.4, -0.2) is 38.6 Å². The van der Waals surface area contributed by atoms with Crippen molar-refractivity contribution in [3.63, 3.8) is 0 Å². The average molecular weight is 398 g/mol. The zero-order valence-electron chi connectivity index (χ0n) is 15.8. The normalized spacial score (nSPS) is 17.0. The monoisotopic (exact) mass is 398 g/mol. The van der Waals surface area contributed by atoms with Crippen molar-refractivity contribution in [2.45, 2.75) is 19.4 Å². The van der Waals surface area contributed by atoms with E-state index in [-0.39, 0.29) is 17.7 Å². The van der Waals surface area contributed by atoms with Gasteiger partial charge in [-0.05, 0) is 43.7 Å². The first-order valence-electron chi connectivity index (χ1n) is 9.23. The Bertz CT molecular complexity index is 1100. The second-order valence-electron chi connectivity index (χ2n) is 7.07. The highest BCUT2D eigenvalue weighted by molar-refractivity contribution is 7.93. The number of furan rings is 1. The number of para-hydroxylation sites is 1. The summed E-state index contributed by atoms with van der Waals surface area (Å²) in [7, 11) is -1.56. The molecule has 1 aliphatic heterocycles. The summed E-state index contributed by atoms with van der Waals surface area (Å²) < 4.78 is 31.6. The fourth-order valence-electron chi connectivity index (χ4n) is 3.50. The first kappa shape index (κ1) is 18.6. The molecule has 1 amide bonds. The highest BCUT2D eigenvalue weighted by Gasteiger charge is 2.29. The van der Waals surface area contributed by atoms with Crippen molar-refractivity contribution in [3.05, 3.63) is 65.9 Å². The molecule has 0 N–H and O–H groups in total. The van der Waals surface area contributed by atoms with Gasteiger partial charge in [0.2, 0.25) is 10.0 Å². The van der Waals surface area contributed by atoms with Crippen LogP contribution in [0.4, 0.5) is 5.69 Å². The van der Waals surface area contributed by atoms with Crippen molar-refractivity contribution >= 4 is 32.6 Å². The molecular weight excluding hydrogens is 376 g/mol. The number of hydrogen-bond acceptors (Lipinski definition) is 4. The molecule has 6 nitrogen and oxygen atoms in total. The summed E-state index contributed by atoms with van der Waals surface area (Å²) >= 11 is 0. The van der Waals surface area contributed by atoms with Crippen molar-refractivity contribution in [1.82, 2.24) is 4.90 Å². The molecule has 7 heteroatoms. The maximum Gasteiger partial charge on any atom is 0.254 e. The van der Waals surface area contributed by atoms with Gasteiger partial charge in [0.15, 0.2) is 0 Å². The molecule has 1 unspecified atom stereocenters. The minimum atomic E-state index is -3.28. The molecule has 146 valence electrons. The van der Waals surface area contributed by atoms with Crippen LogP contribution in [0.2, 0.25) is 0 Å². The van der Waals surface area contributed by atoms with Gasteiger partial charge in [0.05, 0.1) is 17.5 Å². The Labute approximate surface area is 164 Å². The number of amides is 1. The molecule has 0 aliphatic carbocycles. The van der Waals surface area contributed by atoms with E-state index in [0.717, 1.165) is 11.0 Å². The van der Waals surface area contributed by atoms with Crippen molar-refractivity contribution in [1.29, 1.82) is 0 Å². The van der Waals surface area contributed by atoms with Gasteiger partial charge in [-0.2, -0.15) is 0 Å². The SMILES string of the molecule is CC(c1cc2ccccc2o1)N(C)C(=O)c1cccc(N2CCCS2(=O)=O)c1. The van der Waals surface area contributed by atoms with Crippen LogP contribution in [-0.2, 0) is 10.0 Å². The summed E-state index contributed by atoms with van der Waals surface area (Å²) in [6.07, 6.45) is 0.601. The van der Waals surface area contributed by atoms with E-state index in [1.807, 2.05) is 37.3 Å². The van der Waals surface area contributed by atoms with Crippen LogP contribution < -0.4 is 4.31 Å². The molecule has 1 fully saturated rings. The number of carbonyl (C=O) groups excluding carboxylic acids is 1. The number of fused-ring (bicyclic) bond motifs is 1. The number of anilines is 1. The molecule has 1 saturated heterocycles. The third kappa shape index (κ3) is 3.26. The minimum Gasteiger partial charge on any atom is -0.459 e. The lowest BCUT2D eigenvalue weighted by atomic mass is 10.1. The highest BCUT2D eigenvalue weighted by Crippen LogP contribution is 2.29. The van der Waals surface area contributed by atoms with Crippen molar-refractivity contribution in [2.24, 2.45) is 0 Å². The molecule has 0 saturated carbocycles. The minimum absolute atomic E-state index is 0.147. The Balaban J connectivity index is 1.59. The number of sulfonamides is 1. The first-order chi connectivity index (χ1) is 13.4. The predicted octanol–water partition coefficient (Wildman–Crippen LogP) is 3.81.